The first-order chi connectivity index (χ1) is 12.7. The lowest BCUT2D eigenvalue weighted by Gasteiger charge is -2.04. The minimum absolute atomic E-state index is 0.179. The highest BCUT2D eigenvalue weighted by atomic mass is 32.2. The van der Waals surface area contributed by atoms with Crippen molar-refractivity contribution in [1.29, 1.82) is 0 Å². The van der Waals surface area contributed by atoms with Gasteiger partial charge in [-0.25, -0.2) is 0 Å². The number of amides is 1. The first kappa shape index (κ1) is 16.3. The van der Waals surface area contributed by atoms with Crippen LogP contribution >= 0.6 is 11.8 Å². The molecule has 0 aliphatic rings. The van der Waals surface area contributed by atoms with Crippen LogP contribution in [0, 0.1) is 6.92 Å². The number of rotatable bonds is 5. The van der Waals surface area contributed by atoms with Crippen molar-refractivity contribution in [1.82, 2.24) is 19.8 Å². The Morgan fingerprint density at radius 2 is 2.00 bits per heavy atom. The topological polar surface area (TPSA) is 85.3 Å². The molecule has 0 aliphatic carbocycles. The van der Waals surface area contributed by atoms with Gasteiger partial charge in [0.05, 0.1) is 17.7 Å². The van der Waals surface area contributed by atoms with Crippen LogP contribution < -0.4 is 5.32 Å². The summed E-state index contributed by atoms with van der Waals surface area (Å²) in [4.78, 5) is 12.0. The normalized spacial score (nSPS) is 11.0. The maximum Gasteiger partial charge on any atom is 0.237 e. The molecule has 8 heteroatoms. The van der Waals surface area contributed by atoms with Gasteiger partial charge in [-0.3, -0.25) is 10.1 Å². The molecule has 0 fully saturated rings. The van der Waals surface area contributed by atoms with Gasteiger partial charge in [-0.2, -0.15) is 9.61 Å². The summed E-state index contributed by atoms with van der Waals surface area (Å²) in [7, 11) is 0. The van der Waals surface area contributed by atoms with Gasteiger partial charge in [0.1, 0.15) is 0 Å². The fourth-order valence-corrected chi connectivity index (χ4v) is 3.08. The monoisotopic (exact) mass is 365 g/mol. The highest BCUT2D eigenvalue weighted by molar-refractivity contribution is 7.99. The van der Waals surface area contributed by atoms with Gasteiger partial charge in [0.25, 0.3) is 0 Å². The molecule has 0 unspecified atom stereocenters. The Hall–Kier alpha value is -3.13. The molecule has 3 aromatic heterocycles. The van der Waals surface area contributed by atoms with E-state index >= 15 is 0 Å². The summed E-state index contributed by atoms with van der Waals surface area (Å²) in [6.45, 7) is 2.04. The lowest BCUT2D eigenvalue weighted by molar-refractivity contribution is -0.113. The number of benzene rings is 1. The summed E-state index contributed by atoms with van der Waals surface area (Å²) < 4.78 is 6.75. The van der Waals surface area contributed by atoms with E-state index in [1.165, 1.54) is 23.6 Å². The van der Waals surface area contributed by atoms with Crippen molar-refractivity contribution in [2.24, 2.45) is 0 Å². The molecule has 4 aromatic rings. The molecule has 0 atom stereocenters. The van der Waals surface area contributed by atoms with Crippen LogP contribution in [0.3, 0.4) is 0 Å². The molecule has 0 saturated carbocycles. The highest BCUT2D eigenvalue weighted by Crippen LogP contribution is 2.21. The molecule has 26 heavy (non-hydrogen) atoms. The number of aromatic nitrogens is 4. The average molecular weight is 365 g/mol. The molecule has 0 saturated heterocycles. The number of nitrogens with zero attached hydrogens (tertiary/aromatic N) is 4. The molecule has 3 heterocycles. The van der Waals surface area contributed by atoms with E-state index in [4.69, 9.17) is 4.42 Å². The minimum atomic E-state index is -0.184. The number of anilines is 1. The van der Waals surface area contributed by atoms with Gasteiger partial charge in [-0.1, -0.05) is 41.6 Å². The summed E-state index contributed by atoms with van der Waals surface area (Å²) in [6.07, 6.45) is 1.51. The van der Waals surface area contributed by atoms with Gasteiger partial charge >= 0.3 is 0 Å². The summed E-state index contributed by atoms with van der Waals surface area (Å²) in [5, 5.41) is 16.1. The van der Waals surface area contributed by atoms with E-state index < -0.39 is 0 Å². The van der Waals surface area contributed by atoms with Crippen LogP contribution in [0.5, 0.6) is 0 Å². The number of carbonyl (C=O) groups is 1. The molecule has 7 nitrogen and oxygen atoms in total. The Balaban J connectivity index is 1.53. The van der Waals surface area contributed by atoms with E-state index in [9.17, 15) is 4.79 Å². The van der Waals surface area contributed by atoms with E-state index in [0.29, 0.717) is 16.7 Å². The highest BCUT2D eigenvalue weighted by Gasteiger charge is 2.12. The zero-order valence-corrected chi connectivity index (χ0v) is 14.7. The Labute approximate surface area is 153 Å². The third kappa shape index (κ3) is 3.45. The van der Waals surface area contributed by atoms with Crippen LogP contribution in [-0.4, -0.2) is 31.5 Å². The number of aryl methyl sites for hydroxylation is 1. The third-order valence-electron chi connectivity index (χ3n) is 3.70. The second kappa shape index (κ2) is 7.01. The van der Waals surface area contributed by atoms with Crippen molar-refractivity contribution in [2.75, 3.05) is 11.1 Å². The van der Waals surface area contributed by atoms with Crippen LogP contribution in [0.4, 0.5) is 5.88 Å². The lowest BCUT2D eigenvalue weighted by Crippen LogP contribution is -2.13. The van der Waals surface area contributed by atoms with Gasteiger partial charge in [0.2, 0.25) is 11.1 Å². The maximum absolute atomic E-state index is 12.0. The molecule has 0 bridgehead atoms. The summed E-state index contributed by atoms with van der Waals surface area (Å²) >= 11 is 1.27. The maximum atomic E-state index is 12.0. The van der Waals surface area contributed by atoms with Gasteiger partial charge in [0.15, 0.2) is 11.5 Å². The van der Waals surface area contributed by atoms with E-state index in [1.807, 2.05) is 43.3 Å². The average Bonchev–Trinajstić information content (AvgIpc) is 3.30. The zero-order valence-electron chi connectivity index (χ0n) is 13.9. The number of hydrogen-bond donors (Lipinski definition) is 1. The Morgan fingerprint density at radius 3 is 2.77 bits per heavy atom. The fourth-order valence-electron chi connectivity index (χ4n) is 2.39. The number of thioether (sulfide) groups is 1. The molecule has 4 rings (SSSR count). The number of hydrogen-bond acceptors (Lipinski definition) is 6. The first-order valence-electron chi connectivity index (χ1n) is 7.95. The first-order valence-corrected chi connectivity index (χ1v) is 8.93. The Bertz CT molecular complexity index is 1040. The zero-order chi connectivity index (χ0) is 17.9. The Kier molecular flexibility index (Phi) is 4.40. The van der Waals surface area contributed by atoms with E-state index in [2.05, 4.69) is 20.6 Å². The van der Waals surface area contributed by atoms with Crippen molar-refractivity contribution < 1.29 is 9.21 Å². The van der Waals surface area contributed by atoms with Crippen molar-refractivity contribution in [3.8, 4) is 11.3 Å². The van der Waals surface area contributed by atoms with Crippen LogP contribution in [-0.2, 0) is 4.79 Å². The second-order valence-electron chi connectivity index (χ2n) is 5.65. The minimum Gasteiger partial charge on any atom is -0.449 e. The van der Waals surface area contributed by atoms with Crippen molar-refractivity contribution in [3.63, 3.8) is 0 Å². The molecular weight excluding hydrogens is 350 g/mol. The predicted molar refractivity (Wildman–Crippen MR) is 99.0 cm³/mol. The lowest BCUT2D eigenvalue weighted by atomic mass is 10.1. The number of carbonyl (C=O) groups excluding carboxylic acids is 1. The molecule has 0 aliphatic heterocycles. The van der Waals surface area contributed by atoms with Crippen LogP contribution in [0.1, 0.15) is 5.56 Å². The van der Waals surface area contributed by atoms with Gasteiger partial charge in [-0.15, -0.1) is 10.2 Å². The van der Waals surface area contributed by atoms with Crippen molar-refractivity contribution in [2.45, 2.75) is 12.1 Å². The summed E-state index contributed by atoms with van der Waals surface area (Å²) in [5.74, 6) is 0.413. The molecule has 1 amide bonds. The van der Waals surface area contributed by atoms with E-state index in [0.717, 1.165) is 11.3 Å². The van der Waals surface area contributed by atoms with Crippen LogP contribution in [0.25, 0.3) is 16.9 Å². The largest absolute Gasteiger partial charge is 0.449 e. The molecule has 1 N–H and O–H groups in total. The smallest absolute Gasteiger partial charge is 0.237 e. The number of fused-ring (bicyclic) bond motifs is 1. The standard InChI is InChI=1S/C18H15N5O2S/c1-12-4-6-13(7-5-12)14-8-9-15-20-21-18(23(15)22-14)26-11-16(24)19-17-3-2-10-25-17/h2-10H,11H2,1H3,(H,19,24). The summed E-state index contributed by atoms with van der Waals surface area (Å²) in [5.41, 5.74) is 3.66. The van der Waals surface area contributed by atoms with Gasteiger partial charge < -0.3 is 4.42 Å². The third-order valence-corrected chi connectivity index (χ3v) is 4.62. The molecule has 0 radical (unpaired) electrons. The molecular formula is C18H15N5O2S. The van der Waals surface area contributed by atoms with Crippen molar-refractivity contribution >= 4 is 29.2 Å². The van der Waals surface area contributed by atoms with Gasteiger partial charge in [0, 0.05) is 11.6 Å². The van der Waals surface area contributed by atoms with Gasteiger partial charge in [-0.05, 0) is 25.1 Å². The Morgan fingerprint density at radius 1 is 1.15 bits per heavy atom. The molecule has 1 aromatic carbocycles. The number of nitrogens with one attached hydrogen (secondary N) is 1. The van der Waals surface area contributed by atoms with E-state index in [1.54, 1.807) is 16.6 Å². The van der Waals surface area contributed by atoms with Crippen LogP contribution in [0.15, 0.2) is 64.4 Å². The van der Waals surface area contributed by atoms with E-state index in [-0.39, 0.29) is 11.7 Å². The second-order valence-corrected chi connectivity index (χ2v) is 6.59. The summed E-state index contributed by atoms with van der Waals surface area (Å²) in [6, 6.07) is 15.3. The fraction of sp³-hybridized carbons (Fsp3) is 0.111. The SMILES string of the molecule is Cc1ccc(-c2ccc3nnc(SCC(=O)Nc4ccco4)n3n2)cc1. The van der Waals surface area contributed by atoms with Crippen molar-refractivity contribution in [3.05, 3.63) is 60.4 Å². The molecule has 130 valence electrons. The quantitative estimate of drug-likeness (QED) is 0.546. The van der Waals surface area contributed by atoms with Crippen LogP contribution in [0.2, 0.25) is 0 Å². The molecule has 0 spiro atoms. The predicted octanol–water partition coefficient (Wildman–Crippen LogP) is 3.42. The number of furan rings is 1.